The van der Waals surface area contributed by atoms with Gasteiger partial charge in [0.25, 0.3) is 0 Å². The number of hydrogen-bond donors (Lipinski definition) is 2. The fourth-order valence-corrected chi connectivity index (χ4v) is 6.64. The molecular formula is C45H69N3O8Si. The molecule has 11 nitrogen and oxygen atoms in total. The Hall–Kier alpha value is -4.29. The summed E-state index contributed by atoms with van der Waals surface area (Å²) >= 11 is 0. The van der Waals surface area contributed by atoms with E-state index >= 15 is 0 Å². The summed E-state index contributed by atoms with van der Waals surface area (Å²) in [4.78, 5) is 53.3. The highest BCUT2D eigenvalue weighted by molar-refractivity contribution is 6.74. The molecule has 2 rings (SSSR count). The van der Waals surface area contributed by atoms with Crippen molar-refractivity contribution >= 4 is 38.2 Å². The van der Waals surface area contributed by atoms with Gasteiger partial charge in [0, 0.05) is 19.6 Å². The predicted molar refractivity (Wildman–Crippen MR) is 228 cm³/mol. The van der Waals surface area contributed by atoms with E-state index in [0.717, 1.165) is 35.3 Å². The number of nitrogens with zero attached hydrogens (tertiary/aromatic N) is 1. The second kappa shape index (κ2) is 27.4. The maximum absolute atomic E-state index is 13.4. The van der Waals surface area contributed by atoms with Gasteiger partial charge in [-0.15, -0.1) is 0 Å². The number of esters is 1. The van der Waals surface area contributed by atoms with Gasteiger partial charge in [-0.1, -0.05) is 146 Å². The third-order valence-corrected chi connectivity index (χ3v) is 14.7. The Bertz CT molecular complexity index is 1530. The molecule has 0 saturated carbocycles. The van der Waals surface area contributed by atoms with Crippen LogP contribution in [0.1, 0.15) is 129 Å². The standard InChI is InChI=1S/C45H69N3O8Si/c1-7-8-9-10-11-12-13-14-15-22-30-39(40(49)31-25-34-56-57(5,6)45(2,3)4)41(50)53-33-24-23-32-48(44(52)55-36-38-28-20-17-21-29-38)42(46)47-43(51)54-35-37-26-18-16-19-27-37/h16-21,26-30H,7-15,22-25,31-36H2,1-6H3,(H2,46,47,51)/b39-30-. The zero-order chi connectivity index (χ0) is 41.9. The van der Waals surface area contributed by atoms with Gasteiger partial charge in [0.1, 0.15) is 13.2 Å². The maximum Gasteiger partial charge on any atom is 0.416 e. The molecule has 2 N–H and O–H groups in total. The maximum atomic E-state index is 13.4. The van der Waals surface area contributed by atoms with Crippen LogP contribution < -0.4 is 5.32 Å². The van der Waals surface area contributed by atoms with Crippen molar-refractivity contribution in [3.8, 4) is 0 Å². The van der Waals surface area contributed by atoms with E-state index in [4.69, 9.17) is 24.0 Å². The van der Waals surface area contributed by atoms with E-state index in [1.165, 1.54) is 38.5 Å². The second-order valence-corrected chi connectivity index (χ2v) is 20.7. The Balaban J connectivity index is 1.96. The number of benzene rings is 2. The van der Waals surface area contributed by atoms with Crippen molar-refractivity contribution in [1.82, 2.24) is 10.2 Å². The number of allylic oxidation sites excluding steroid dienone is 1. The van der Waals surface area contributed by atoms with Gasteiger partial charge in [0.05, 0.1) is 12.2 Å². The molecule has 0 radical (unpaired) electrons. The highest BCUT2D eigenvalue weighted by atomic mass is 28.4. The Labute approximate surface area is 342 Å². The lowest BCUT2D eigenvalue weighted by molar-refractivity contribution is -0.140. The molecule has 2 aromatic rings. The Kier molecular flexibility index (Phi) is 23.5. The van der Waals surface area contributed by atoms with Crippen molar-refractivity contribution in [1.29, 1.82) is 5.41 Å². The second-order valence-electron chi connectivity index (χ2n) is 15.9. The van der Waals surface area contributed by atoms with Crippen molar-refractivity contribution in [2.24, 2.45) is 0 Å². The molecule has 0 fully saturated rings. The molecule has 0 spiro atoms. The number of guanidine groups is 1. The van der Waals surface area contributed by atoms with Gasteiger partial charge < -0.3 is 18.6 Å². The summed E-state index contributed by atoms with van der Waals surface area (Å²) < 4.78 is 22.5. The molecule has 316 valence electrons. The minimum absolute atomic E-state index is 0.00255. The van der Waals surface area contributed by atoms with Crippen LogP contribution in [0, 0.1) is 5.41 Å². The molecule has 2 aromatic carbocycles. The van der Waals surface area contributed by atoms with Crippen LogP contribution in [0.3, 0.4) is 0 Å². The summed E-state index contributed by atoms with van der Waals surface area (Å²) in [6.45, 7) is 13.5. The van der Waals surface area contributed by atoms with Crippen LogP contribution in [0.15, 0.2) is 72.3 Å². The Morgan fingerprint density at radius 3 is 1.86 bits per heavy atom. The molecule has 0 aromatic heterocycles. The number of amides is 2. The molecule has 0 unspecified atom stereocenters. The first-order valence-corrected chi connectivity index (χ1v) is 23.7. The first-order chi connectivity index (χ1) is 27.2. The normalized spacial score (nSPS) is 11.8. The van der Waals surface area contributed by atoms with Gasteiger partial charge in [-0.2, -0.15) is 0 Å². The van der Waals surface area contributed by atoms with Crippen LogP contribution in [-0.2, 0) is 41.4 Å². The lowest BCUT2D eigenvalue weighted by Gasteiger charge is -2.36. The van der Waals surface area contributed by atoms with E-state index < -0.39 is 32.4 Å². The number of unbranched alkanes of at least 4 members (excludes halogenated alkanes) is 10. The summed E-state index contributed by atoms with van der Waals surface area (Å²) in [5, 5.41) is 10.9. The van der Waals surface area contributed by atoms with Crippen LogP contribution in [0.2, 0.25) is 18.1 Å². The van der Waals surface area contributed by atoms with E-state index in [9.17, 15) is 19.2 Å². The van der Waals surface area contributed by atoms with Crippen LogP contribution in [0.5, 0.6) is 0 Å². The predicted octanol–water partition coefficient (Wildman–Crippen LogP) is 11.0. The third kappa shape index (κ3) is 20.6. The number of hydrogen-bond acceptors (Lipinski definition) is 9. The van der Waals surface area contributed by atoms with Gasteiger partial charge >= 0.3 is 18.2 Å². The van der Waals surface area contributed by atoms with Crippen molar-refractivity contribution in [3.05, 3.63) is 83.4 Å². The van der Waals surface area contributed by atoms with Crippen LogP contribution >= 0.6 is 0 Å². The highest BCUT2D eigenvalue weighted by Gasteiger charge is 2.37. The number of nitrogens with one attached hydrogen (secondary N) is 2. The molecule has 0 atom stereocenters. The quantitative estimate of drug-likeness (QED) is 0.0110. The number of ether oxygens (including phenoxy) is 3. The number of carbonyl (C=O) groups is 4. The molecule has 0 bridgehead atoms. The number of rotatable bonds is 26. The Morgan fingerprint density at radius 1 is 0.719 bits per heavy atom. The largest absolute Gasteiger partial charge is 0.462 e. The zero-order valence-electron chi connectivity index (χ0n) is 35.5. The smallest absolute Gasteiger partial charge is 0.416 e. The summed E-state index contributed by atoms with van der Waals surface area (Å²) in [6.07, 6.45) is 12.6. The number of carbonyl (C=O) groups excluding carboxylic acids is 4. The number of ketones is 1. The molecular weight excluding hydrogens is 739 g/mol. The topological polar surface area (TPSA) is 144 Å². The lowest BCUT2D eigenvalue weighted by Crippen LogP contribution is -2.47. The van der Waals surface area contributed by atoms with Gasteiger partial charge in [-0.3, -0.25) is 15.5 Å². The minimum Gasteiger partial charge on any atom is -0.462 e. The third-order valence-electron chi connectivity index (χ3n) is 10.1. The van der Waals surface area contributed by atoms with E-state index in [2.05, 4.69) is 46.1 Å². The molecule has 12 heteroatoms. The fourth-order valence-electron chi connectivity index (χ4n) is 5.55. The lowest BCUT2D eigenvalue weighted by atomic mass is 10.0. The first-order valence-electron chi connectivity index (χ1n) is 20.8. The molecule has 0 aliphatic rings. The molecule has 2 amide bonds. The molecule has 0 saturated heterocycles. The number of Topliss-reactive ketones (excluding diaryl/α,β-unsaturated/α-hetero) is 1. The van der Waals surface area contributed by atoms with E-state index in [1.807, 2.05) is 48.5 Å². The monoisotopic (exact) mass is 807 g/mol. The van der Waals surface area contributed by atoms with Gasteiger partial charge in [0.15, 0.2) is 14.1 Å². The highest BCUT2D eigenvalue weighted by Crippen LogP contribution is 2.36. The van der Waals surface area contributed by atoms with Gasteiger partial charge in [-0.05, 0) is 61.4 Å². The molecule has 0 aliphatic carbocycles. The Morgan fingerprint density at radius 2 is 1.28 bits per heavy atom. The molecule has 0 aliphatic heterocycles. The molecule has 57 heavy (non-hydrogen) atoms. The first kappa shape index (κ1) is 48.9. The van der Waals surface area contributed by atoms with E-state index in [0.29, 0.717) is 32.3 Å². The van der Waals surface area contributed by atoms with Crippen LogP contribution in [0.4, 0.5) is 9.59 Å². The average molecular weight is 808 g/mol. The summed E-state index contributed by atoms with van der Waals surface area (Å²) in [7, 11) is -1.96. The minimum atomic E-state index is -1.96. The molecule has 0 heterocycles. The van der Waals surface area contributed by atoms with Gasteiger partial charge in [-0.25, -0.2) is 19.3 Å². The summed E-state index contributed by atoms with van der Waals surface area (Å²) in [5.74, 6) is -1.41. The van der Waals surface area contributed by atoms with Crippen molar-refractivity contribution in [2.75, 3.05) is 19.8 Å². The van der Waals surface area contributed by atoms with Crippen molar-refractivity contribution in [2.45, 2.75) is 149 Å². The SMILES string of the molecule is CCCCCCCCCCC/C=C(/C(=O)CCCO[Si](C)(C)C(C)(C)C)C(=O)OCCCCN(C(=N)NC(=O)OCc1ccccc1)C(=O)OCc1ccccc1. The van der Waals surface area contributed by atoms with Gasteiger partial charge in [0.2, 0.25) is 5.96 Å². The van der Waals surface area contributed by atoms with E-state index in [-0.39, 0.29) is 49.2 Å². The van der Waals surface area contributed by atoms with E-state index in [1.54, 1.807) is 18.2 Å². The van der Waals surface area contributed by atoms with Crippen molar-refractivity contribution in [3.63, 3.8) is 0 Å². The number of alkyl carbamates (subject to hydrolysis) is 1. The fraction of sp³-hybridized carbons (Fsp3) is 0.578. The van der Waals surface area contributed by atoms with Crippen molar-refractivity contribution < 1.29 is 37.8 Å². The summed E-state index contributed by atoms with van der Waals surface area (Å²) in [6, 6.07) is 18.2. The van der Waals surface area contributed by atoms with Crippen LogP contribution in [-0.4, -0.2) is 62.9 Å². The zero-order valence-corrected chi connectivity index (χ0v) is 36.5. The summed E-state index contributed by atoms with van der Waals surface area (Å²) in [5.41, 5.74) is 1.61. The van der Waals surface area contributed by atoms with Crippen LogP contribution in [0.25, 0.3) is 0 Å². The average Bonchev–Trinajstić information content (AvgIpc) is 3.18.